The smallest absolute Gasteiger partial charge is 0.311 e. The van der Waals surface area contributed by atoms with Crippen LogP contribution in [0.4, 0.5) is 0 Å². The molecule has 1 aromatic carbocycles. The summed E-state index contributed by atoms with van der Waals surface area (Å²) in [6, 6.07) is 10.3. The lowest BCUT2D eigenvalue weighted by atomic mass is 9.84. The maximum Gasteiger partial charge on any atom is 0.311 e. The Kier molecular flexibility index (Phi) is 5.00. The summed E-state index contributed by atoms with van der Waals surface area (Å²) < 4.78 is 1.29. The normalized spacial score (nSPS) is 16.2. The fourth-order valence-electron chi connectivity index (χ4n) is 3.45. The molecule has 5 nitrogen and oxygen atoms in total. The second-order valence-corrected chi connectivity index (χ2v) is 6.64. The van der Waals surface area contributed by atoms with Gasteiger partial charge in [-0.05, 0) is 36.0 Å². The fourth-order valence-corrected chi connectivity index (χ4v) is 3.60. The monoisotopic (exact) mass is 346 g/mol. The number of benzene rings is 1. The van der Waals surface area contributed by atoms with E-state index >= 15 is 0 Å². The molecule has 1 saturated carbocycles. The van der Waals surface area contributed by atoms with Crippen molar-refractivity contribution in [3.8, 4) is 0 Å². The van der Waals surface area contributed by atoms with Crippen LogP contribution in [0.3, 0.4) is 0 Å². The van der Waals surface area contributed by atoms with Gasteiger partial charge in [0.2, 0.25) is 0 Å². The first kappa shape index (κ1) is 16.7. The molecule has 3 rings (SSSR count). The third-order valence-electron chi connectivity index (χ3n) is 4.64. The highest BCUT2D eigenvalue weighted by molar-refractivity contribution is 6.29. The zero-order valence-electron chi connectivity index (χ0n) is 13.2. The lowest BCUT2D eigenvalue weighted by molar-refractivity contribution is -0.140. The van der Waals surface area contributed by atoms with Crippen molar-refractivity contribution in [2.75, 3.05) is 0 Å². The highest BCUT2D eigenvalue weighted by Gasteiger charge is 2.31. The molecule has 1 N–H and O–H groups in total. The predicted octanol–water partition coefficient (Wildman–Crippen LogP) is 3.30. The molecule has 0 amide bonds. The van der Waals surface area contributed by atoms with Gasteiger partial charge < -0.3 is 5.11 Å². The summed E-state index contributed by atoms with van der Waals surface area (Å²) in [7, 11) is 0. The molecule has 1 heterocycles. The number of hydrogen-bond donors (Lipinski definition) is 1. The van der Waals surface area contributed by atoms with Crippen LogP contribution in [0.2, 0.25) is 5.15 Å². The van der Waals surface area contributed by atoms with Crippen LogP contribution in [0, 0.1) is 5.92 Å². The third-order valence-corrected chi connectivity index (χ3v) is 4.84. The van der Waals surface area contributed by atoms with Gasteiger partial charge in [0.15, 0.2) is 0 Å². The van der Waals surface area contributed by atoms with Gasteiger partial charge in [-0.1, -0.05) is 48.7 Å². The molecular weight excluding hydrogens is 328 g/mol. The first-order valence-corrected chi connectivity index (χ1v) is 8.48. The number of carbonyl (C=O) groups is 1. The molecule has 0 spiro atoms. The van der Waals surface area contributed by atoms with Gasteiger partial charge in [0.25, 0.3) is 5.56 Å². The predicted molar refractivity (Wildman–Crippen MR) is 91.4 cm³/mol. The van der Waals surface area contributed by atoms with Crippen LogP contribution in [0.25, 0.3) is 0 Å². The van der Waals surface area contributed by atoms with Crippen LogP contribution >= 0.6 is 11.6 Å². The molecule has 1 unspecified atom stereocenters. The Hall–Kier alpha value is -2.14. The van der Waals surface area contributed by atoms with Gasteiger partial charge in [0.1, 0.15) is 5.15 Å². The largest absolute Gasteiger partial charge is 0.481 e. The summed E-state index contributed by atoms with van der Waals surface area (Å²) in [5, 5.41) is 13.8. The van der Waals surface area contributed by atoms with E-state index in [4.69, 9.17) is 11.6 Å². The fraction of sp³-hybridized carbons (Fsp3) is 0.389. The van der Waals surface area contributed by atoms with Crippen molar-refractivity contribution in [1.29, 1.82) is 0 Å². The van der Waals surface area contributed by atoms with Crippen LogP contribution in [-0.4, -0.2) is 20.9 Å². The summed E-state index contributed by atoms with van der Waals surface area (Å²) in [4.78, 5) is 23.5. The molecule has 0 aliphatic heterocycles. The number of carboxylic acid groups (broad SMARTS) is 1. The van der Waals surface area contributed by atoms with E-state index in [9.17, 15) is 14.7 Å². The quantitative estimate of drug-likeness (QED) is 0.901. The number of halogens is 1. The van der Waals surface area contributed by atoms with E-state index < -0.39 is 11.9 Å². The van der Waals surface area contributed by atoms with Crippen LogP contribution < -0.4 is 5.56 Å². The van der Waals surface area contributed by atoms with Crippen molar-refractivity contribution in [2.45, 2.75) is 38.1 Å². The highest BCUT2D eigenvalue weighted by atomic mass is 35.5. The van der Waals surface area contributed by atoms with Gasteiger partial charge in [0, 0.05) is 6.07 Å². The molecule has 6 heteroatoms. The molecule has 1 atom stereocenters. The van der Waals surface area contributed by atoms with Crippen LogP contribution in [0.5, 0.6) is 0 Å². The van der Waals surface area contributed by atoms with E-state index in [0.717, 1.165) is 36.8 Å². The molecular formula is C18H19ClN2O3. The van der Waals surface area contributed by atoms with Crippen molar-refractivity contribution in [2.24, 2.45) is 5.92 Å². The number of hydrogen-bond acceptors (Lipinski definition) is 3. The number of aliphatic carboxylic acids is 1. The van der Waals surface area contributed by atoms with E-state index in [-0.39, 0.29) is 16.6 Å². The minimum Gasteiger partial charge on any atom is -0.481 e. The minimum atomic E-state index is -0.762. The summed E-state index contributed by atoms with van der Waals surface area (Å²) in [5.74, 6) is -0.999. The van der Waals surface area contributed by atoms with Gasteiger partial charge in [0.05, 0.1) is 12.5 Å². The van der Waals surface area contributed by atoms with Crippen LogP contribution in [0.1, 0.15) is 42.7 Å². The zero-order valence-corrected chi connectivity index (χ0v) is 13.9. The molecule has 2 aromatic rings. The molecule has 1 fully saturated rings. The van der Waals surface area contributed by atoms with E-state index in [0.29, 0.717) is 6.54 Å². The van der Waals surface area contributed by atoms with Crippen LogP contribution in [-0.2, 0) is 11.3 Å². The van der Waals surface area contributed by atoms with Gasteiger partial charge >= 0.3 is 5.97 Å². The molecule has 0 saturated heterocycles. The minimum absolute atomic E-state index is 0.213. The van der Waals surface area contributed by atoms with Crippen molar-refractivity contribution in [3.63, 3.8) is 0 Å². The SMILES string of the molecule is O=C(O)C(c1ccc(Cn2nc(Cl)ccc2=O)cc1)C1CCCC1. The number of nitrogens with zero attached hydrogens (tertiary/aromatic N) is 2. The number of aromatic nitrogens is 2. The molecule has 1 aromatic heterocycles. The molecule has 1 aliphatic rings. The molecule has 24 heavy (non-hydrogen) atoms. The number of carboxylic acids is 1. The molecule has 0 radical (unpaired) electrons. The summed E-state index contributed by atoms with van der Waals surface area (Å²) in [6.45, 7) is 0.306. The van der Waals surface area contributed by atoms with E-state index in [1.54, 1.807) is 0 Å². The Morgan fingerprint density at radius 2 is 1.88 bits per heavy atom. The first-order valence-electron chi connectivity index (χ1n) is 8.10. The molecule has 126 valence electrons. The summed E-state index contributed by atoms with van der Waals surface area (Å²) >= 11 is 5.82. The Labute approximate surface area is 144 Å². The third kappa shape index (κ3) is 3.67. The number of rotatable bonds is 5. The summed E-state index contributed by atoms with van der Waals surface area (Å²) in [5.41, 5.74) is 1.48. The Morgan fingerprint density at radius 1 is 1.21 bits per heavy atom. The maximum absolute atomic E-state index is 11.8. The molecule has 0 bridgehead atoms. The lowest BCUT2D eigenvalue weighted by Crippen LogP contribution is -2.22. The van der Waals surface area contributed by atoms with Gasteiger partial charge in [-0.15, -0.1) is 0 Å². The van der Waals surface area contributed by atoms with Gasteiger partial charge in [-0.3, -0.25) is 9.59 Å². The van der Waals surface area contributed by atoms with Gasteiger partial charge in [-0.2, -0.15) is 5.10 Å². The zero-order chi connectivity index (χ0) is 17.1. The van der Waals surface area contributed by atoms with Crippen molar-refractivity contribution >= 4 is 17.6 Å². The highest BCUT2D eigenvalue weighted by Crippen LogP contribution is 2.37. The topological polar surface area (TPSA) is 72.2 Å². The maximum atomic E-state index is 11.8. The first-order chi connectivity index (χ1) is 11.5. The van der Waals surface area contributed by atoms with E-state index in [2.05, 4.69) is 5.10 Å². The standard InChI is InChI=1S/C18H19ClN2O3/c19-15-9-10-16(22)21(20-15)11-12-5-7-14(8-6-12)17(18(23)24)13-3-1-2-4-13/h5-10,13,17H,1-4,11H2,(H,23,24). The Morgan fingerprint density at radius 3 is 2.50 bits per heavy atom. The Balaban J connectivity index is 1.80. The average Bonchev–Trinajstić information content (AvgIpc) is 3.06. The molecule has 1 aliphatic carbocycles. The average molecular weight is 347 g/mol. The second-order valence-electron chi connectivity index (χ2n) is 6.25. The van der Waals surface area contributed by atoms with E-state index in [1.165, 1.54) is 16.8 Å². The second kappa shape index (κ2) is 7.18. The van der Waals surface area contributed by atoms with Crippen molar-refractivity contribution in [3.05, 3.63) is 63.0 Å². The lowest BCUT2D eigenvalue weighted by Gasteiger charge is -2.19. The van der Waals surface area contributed by atoms with Crippen LogP contribution in [0.15, 0.2) is 41.2 Å². The van der Waals surface area contributed by atoms with E-state index in [1.807, 2.05) is 24.3 Å². The van der Waals surface area contributed by atoms with Crippen molar-refractivity contribution in [1.82, 2.24) is 9.78 Å². The summed E-state index contributed by atoms with van der Waals surface area (Å²) in [6.07, 6.45) is 4.16. The Bertz CT molecular complexity index is 780. The van der Waals surface area contributed by atoms with Crippen molar-refractivity contribution < 1.29 is 9.90 Å². The van der Waals surface area contributed by atoms with Gasteiger partial charge in [-0.25, -0.2) is 4.68 Å².